The van der Waals surface area contributed by atoms with Crippen LogP contribution in [-0.2, 0) is 0 Å². The fourth-order valence-corrected chi connectivity index (χ4v) is 2.04. The van der Waals surface area contributed by atoms with Gasteiger partial charge in [0.05, 0.1) is 20.5 Å². The van der Waals surface area contributed by atoms with E-state index in [1.54, 1.807) is 36.4 Å². The van der Waals surface area contributed by atoms with Gasteiger partial charge in [0.25, 0.3) is 5.91 Å². The van der Waals surface area contributed by atoms with Crippen LogP contribution < -0.4 is 14.8 Å². The van der Waals surface area contributed by atoms with Crippen LogP contribution in [0.15, 0.2) is 51.6 Å². The standard InChI is InChI=1S/C16H14N2O5/c1-20-13-6-5-10(8-14(13)21-2)16(19)17-15-9-11(18-23-15)12-4-3-7-22-12/h3-9H,1-2H3,(H,17,19). The molecular weight excluding hydrogens is 300 g/mol. The van der Waals surface area contributed by atoms with Gasteiger partial charge >= 0.3 is 0 Å². The third-order valence-corrected chi connectivity index (χ3v) is 3.17. The first-order valence-electron chi connectivity index (χ1n) is 6.75. The highest BCUT2D eigenvalue weighted by molar-refractivity contribution is 6.04. The number of hydrogen-bond donors (Lipinski definition) is 1. The number of carbonyl (C=O) groups is 1. The predicted octanol–water partition coefficient (Wildman–Crippen LogP) is 3.20. The molecule has 1 N–H and O–H groups in total. The first kappa shape index (κ1) is 14.7. The van der Waals surface area contributed by atoms with Crippen molar-refractivity contribution in [2.75, 3.05) is 19.5 Å². The molecule has 3 aromatic rings. The molecule has 7 nitrogen and oxygen atoms in total. The third-order valence-electron chi connectivity index (χ3n) is 3.17. The maximum Gasteiger partial charge on any atom is 0.258 e. The molecule has 0 atom stereocenters. The van der Waals surface area contributed by atoms with Crippen LogP contribution in [0.5, 0.6) is 11.5 Å². The number of carbonyl (C=O) groups excluding carboxylic acids is 1. The summed E-state index contributed by atoms with van der Waals surface area (Å²) in [6, 6.07) is 9.93. The van der Waals surface area contributed by atoms with E-state index in [4.69, 9.17) is 18.4 Å². The summed E-state index contributed by atoms with van der Waals surface area (Å²) in [6.45, 7) is 0. The second-order valence-electron chi connectivity index (χ2n) is 4.58. The van der Waals surface area contributed by atoms with Crippen molar-refractivity contribution in [1.29, 1.82) is 0 Å². The van der Waals surface area contributed by atoms with Crippen molar-refractivity contribution in [1.82, 2.24) is 5.16 Å². The summed E-state index contributed by atoms with van der Waals surface area (Å²) < 4.78 is 20.6. The zero-order valence-corrected chi connectivity index (χ0v) is 12.5. The van der Waals surface area contributed by atoms with Gasteiger partial charge in [0, 0.05) is 11.6 Å². The molecule has 0 fully saturated rings. The van der Waals surface area contributed by atoms with Crippen LogP contribution >= 0.6 is 0 Å². The lowest BCUT2D eigenvalue weighted by Gasteiger charge is -2.08. The largest absolute Gasteiger partial charge is 0.493 e. The summed E-state index contributed by atoms with van der Waals surface area (Å²) in [5, 5.41) is 6.46. The predicted molar refractivity (Wildman–Crippen MR) is 81.7 cm³/mol. The highest BCUT2D eigenvalue weighted by Crippen LogP contribution is 2.28. The molecular formula is C16H14N2O5. The number of furan rings is 1. The van der Waals surface area contributed by atoms with Crippen LogP contribution in [0.2, 0.25) is 0 Å². The summed E-state index contributed by atoms with van der Waals surface area (Å²) >= 11 is 0. The Morgan fingerprint density at radius 1 is 1.13 bits per heavy atom. The Morgan fingerprint density at radius 3 is 2.65 bits per heavy atom. The SMILES string of the molecule is COc1ccc(C(=O)Nc2cc(-c3ccco3)no2)cc1OC. The molecule has 7 heteroatoms. The van der Waals surface area contributed by atoms with Crippen LogP contribution in [0.3, 0.4) is 0 Å². The first-order valence-corrected chi connectivity index (χ1v) is 6.75. The van der Waals surface area contributed by atoms with Crippen LogP contribution in [0.1, 0.15) is 10.4 Å². The van der Waals surface area contributed by atoms with Crippen molar-refractivity contribution in [3.05, 3.63) is 48.2 Å². The van der Waals surface area contributed by atoms with Gasteiger partial charge in [-0.1, -0.05) is 5.16 Å². The van der Waals surface area contributed by atoms with Gasteiger partial charge in [0.15, 0.2) is 23.0 Å². The lowest BCUT2D eigenvalue weighted by Crippen LogP contribution is -2.11. The Kier molecular flexibility index (Phi) is 4.01. The summed E-state index contributed by atoms with van der Waals surface area (Å²) in [7, 11) is 3.04. The number of methoxy groups -OCH3 is 2. The van der Waals surface area contributed by atoms with Gasteiger partial charge in [-0.15, -0.1) is 0 Å². The monoisotopic (exact) mass is 314 g/mol. The second-order valence-corrected chi connectivity index (χ2v) is 4.58. The van der Waals surface area contributed by atoms with Crippen molar-refractivity contribution in [2.45, 2.75) is 0 Å². The number of anilines is 1. The first-order chi connectivity index (χ1) is 11.2. The highest BCUT2D eigenvalue weighted by atomic mass is 16.5. The van der Waals surface area contributed by atoms with Crippen molar-refractivity contribution in [3.63, 3.8) is 0 Å². The average molecular weight is 314 g/mol. The van der Waals surface area contributed by atoms with E-state index in [0.717, 1.165) is 0 Å². The molecule has 0 aliphatic heterocycles. The van der Waals surface area contributed by atoms with E-state index in [1.165, 1.54) is 20.5 Å². The van der Waals surface area contributed by atoms with Gasteiger partial charge in [0.2, 0.25) is 5.88 Å². The Balaban J connectivity index is 1.77. The summed E-state index contributed by atoms with van der Waals surface area (Å²) in [6.07, 6.45) is 1.53. The number of benzene rings is 1. The topological polar surface area (TPSA) is 86.7 Å². The molecule has 2 heterocycles. The fourth-order valence-electron chi connectivity index (χ4n) is 2.04. The normalized spacial score (nSPS) is 10.3. The van der Waals surface area contributed by atoms with E-state index in [9.17, 15) is 4.79 Å². The van der Waals surface area contributed by atoms with Crippen LogP contribution in [0.4, 0.5) is 5.88 Å². The minimum absolute atomic E-state index is 0.219. The third kappa shape index (κ3) is 3.03. The summed E-state index contributed by atoms with van der Waals surface area (Å²) in [5.74, 6) is 1.43. The van der Waals surface area contributed by atoms with E-state index in [1.807, 2.05) is 0 Å². The molecule has 0 saturated heterocycles. The maximum absolute atomic E-state index is 12.3. The van der Waals surface area contributed by atoms with Gasteiger partial charge in [0.1, 0.15) is 0 Å². The van der Waals surface area contributed by atoms with Gasteiger partial charge in [-0.2, -0.15) is 0 Å². The number of amides is 1. The van der Waals surface area contributed by atoms with E-state index in [-0.39, 0.29) is 11.8 Å². The number of aromatic nitrogens is 1. The van der Waals surface area contributed by atoms with Crippen molar-refractivity contribution < 1.29 is 23.2 Å². The minimum Gasteiger partial charge on any atom is -0.493 e. The molecule has 0 aliphatic rings. The maximum atomic E-state index is 12.3. The number of ether oxygens (including phenoxy) is 2. The Morgan fingerprint density at radius 2 is 1.96 bits per heavy atom. The molecule has 118 valence electrons. The lowest BCUT2D eigenvalue weighted by molar-refractivity contribution is 0.102. The van der Waals surface area contributed by atoms with Gasteiger partial charge in [-0.05, 0) is 30.3 Å². The zero-order chi connectivity index (χ0) is 16.2. The number of nitrogens with zero attached hydrogens (tertiary/aromatic N) is 1. The smallest absolute Gasteiger partial charge is 0.258 e. The van der Waals surface area contributed by atoms with Gasteiger partial charge < -0.3 is 18.4 Å². The minimum atomic E-state index is -0.354. The van der Waals surface area contributed by atoms with Gasteiger partial charge in [-0.25, -0.2) is 0 Å². The van der Waals surface area contributed by atoms with Crippen molar-refractivity contribution in [2.24, 2.45) is 0 Å². The molecule has 0 radical (unpaired) electrons. The molecule has 0 aliphatic carbocycles. The molecule has 0 saturated carbocycles. The molecule has 2 aromatic heterocycles. The molecule has 0 spiro atoms. The van der Waals surface area contributed by atoms with Crippen LogP contribution in [0, 0.1) is 0 Å². The molecule has 1 aromatic carbocycles. The van der Waals surface area contributed by atoms with Crippen LogP contribution in [0.25, 0.3) is 11.5 Å². The molecule has 1 amide bonds. The van der Waals surface area contributed by atoms with E-state index in [2.05, 4.69) is 10.5 Å². The molecule has 3 rings (SSSR count). The lowest BCUT2D eigenvalue weighted by atomic mass is 10.2. The number of rotatable bonds is 5. The van der Waals surface area contributed by atoms with Crippen LogP contribution in [-0.4, -0.2) is 25.3 Å². The fraction of sp³-hybridized carbons (Fsp3) is 0.125. The average Bonchev–Trinajstić information content (AvgIpc) is 3.25. The Bertz CT molecular complexity index is 808. The Hall–Kier alpha value is -3.22. The van der Waals surface area contributed by atoms with Crippen molar-refractivity contribution in [3.8, 4) is 23.0 Å². The highest BCUT2D eigenvalue weighted by Gasteiger charge is 2.14. The quantitative estimate of drug-likeness (QED) is 0.778. The number of hydrogen-bond acceptors (Lipinski definition) is 6. The van der Waals surface area contributed by atoms with Crippen molar-refractivity contribution >= 4 is 11.8 Å². The molecule has 0 unspecified atom stereocenters. The summed E-state index contributed by atoms with van der Waals surface area (Å²) in [4.78, 5) is 12.3. The molecule has 23 heavy (non-hydrogen) atoms. The summed E-state index contributed by atoms with van der Waals surface area (Å²) in [5.41, 5.74) is 0.899. The van der Waals surface area contributed by atoms with E-state index in [0.29, 0.717) is 28.5 Å². The molecule has 0 bridgehead atoms. The zero-order valence-electron chi connectivity index (χ0n) is 12.5. The van der Waals surface area contributed by atoms with Gasteiger partial charge in [-0.3, -0.25) is 10.1 Å². The number of nitrogens with one attached hydrogen (secondary N) is 1. The van der Waals surface area contributed by atoms with E-state index >= 15 is 0 Å². The Labute approximate surface area is 131 Å². The van der Waals surface area contributed by atoms with E-state index < -0.39 is 0 Å². The second kappa shape index (κ2) is 6.27.